The Morgan fingerprint density at radius 1 is 1.07 bits per heavy atom. The zero-order chi connectivity index (χ0) is 12.2. The Morgan fingerprint density at radius 2 is 1.40 bits per heavy atom. The molecule has 0 aromatic rings. The standard InChI is InChI=1S/C10H18F3NO/c1-7(2)5-14(6-8(3)4)9(15)10(11,12)13/h7-8H,5-6H2,1-4H3. The van der Waals surface area contributed by atoms with Crippen LogP contribution >= 0.6 is 0 Å². The zero-order valence-corrected chi connectivity index (χ0v) is 9.56. The lowest BCUT2D eigenvalue weighted by Gasteiger charge is -2.27. The summed E-state index contributed by atoms with van der Waals surface area (Å²) in [6, 6.07) is 0. The van der Waals surface area contributed by atoms with Gasteiger partial charge in [0.05, 0.1) is 0 Å². The molecule has 0 fully saturated rings. The maximum atomic E-state index is 12.2. The van der Waals surface area contributed by atoms with E-state index in [1.165, 1.54) is 0 Å². The van der Waals surface area contributed by atoms with E-state index in [-0.39, 0.29) is 24.9 Å². The Kier molecular flexibility index (Phi) is 5.11. The van der Waals surface area contributed by atoms with Crippen LogP contribution in [0.2, 0.25) is 0 Å². The summed E-state index contributed by atoms with van der Waals surface area (Å²) >= 11 is 0. The van der Waals surface area contributed by atoms with Gasteiger partial charge in [-0.1, -0.05) is 27.7 Å². The third-order valence-electron chi connectivity index (χ3n) is 1.70. The Hall–Kier alpha value is -0.740. The van der Waals surface area contributed by atoms with Crippen molar-refractivity contribution in [1.29, 1.82) is 0 Å². The summed E-state index contributed by atoms with van der Waals surface area (Å²) in [6.45, 7) is 7.45. The van der Waals surface area contributed by atoms with Crippen LogP contribution in [0.4, 0.5) is 13.2 Å². The van der Waals surface area contributed by atoms with Crippen molar-refractivity contribution in [2.75, 3.05) is 13.1 Å². The largest absolute Gasteiger partial charge is 0.471 e. The van der Waals surface area contributed by atoms with Gasteiger partial charge in [-0.3, -0.25) is 4.79 Å². The number of hydrogen-bond acceptors (Lipinski definition) is 1. The van der Waals surface area contributed by atoms with Crippen LogP contribution in [0.5, 0.6) is 0 Å². The topological polar surface area (TPSA) is 20.3 Å². The number of halogens is 3. The number of alkyl halides is 3. The summed E-state index contributed by atoms with van der Waals surface area (Å²) in [4.78, 5) is 11.9. The minimum Gasteiger partial charge on any atom is -0.334 e. The van der Waals surface area contributed by atoms with Crippen LogP contribution in [-0.2, 0) is 4.79 Å². The highest BCUT2D eigenvalue weighted by Gasteiger charge is 2.42. The van der Waals surface area contributed by atoms with E-state index in [0.29, 0.717) is 0 Å². The van der Waals surface area contributed by atoms with E-state index in [1.807, 2.05) is 0 Å². The first kappa shape index (κ1) is 14.3. The number of carbonyl (C=O) groups excluding carboxylic acids is 1. The lowest BCUT2D eigenvalue weighted by atomic mass is 10.1. The van der Waals surface area contributed by atoms with Gasteiger partial charge in [0.25, 0.3) is 0 Å². The maximum Gasteiger partial charge on any atom is 0.471 e. The molecule has 0 heterocycles. The van der Waals surface area contributed by atoms with Crippen LogP contribution in [0.3, 0.4) is 0 Å². The molecule has 0 aliphatic heterocycles. The summed E-state index contributed by atoms with van der Waals surface area (Å²) in [5.74, 6) is -1.66. The van der Waals surface area contributed by atoms with E-state index in [1.54, 1.807) is 27.7 Å². The first-order chi connectivity index (χ1) is 6.64. The lowest BCUT2D eigenvalue weighted by molar-refractivity contribution is -0.186. The van der Waals surface area contributed by atoms with Gasteiger partial charge >= 0.3 is 12.1 Å². The van der Waals surface area contributed by atoms with Crippen molar-refractivity contribution in [2.24, 2.45) is 11.8 Å². The van der Waals surface area contributed by atoms with E-state index in [0.717, 1.165) is 4.90 Å². The van der Waals surface area contributed by atoms with E-state index < -0.39 is 12.1 Å². The summed E-state index contributed by atoms with van der Waals surface area (Å²) in [7, 11) is 0. The Bertz CT molecular complexity index is 201. The minimum absolute atomic E-state index is 0.0371. The average molecular weight is 225 g/mol. The summed E-state index contributed by atoms with van der Waals surface area (Å²) in [6.07, 6.45) is -4.76. The molecule has 0 saturated heterocycles. The highest BCUT2D eigenvalue weighted by Crippen LogP contribution is 2.20. The summed E-state index contributed by atoms with van der Waals surface area (Å²) < 4.78 is 36.6. The molecule has 2 nitrogen and oxygen atoms in total. The van der Waals surface area contributed by atoms with Crippen LogP contribution in [0.15, 0.2) is 0 Å². The molecule has 0 aromatic carbocycles. The second-order valence-corrected chi connectivity index (χ2v) is 4.50. The molecule has 90 valence electrons. The van der Waals surface area contributed by atoms with E-state index >= 15 is 0 Å². The first-order valence-electron chi connectivity index (χ1n) is 5.00. The molecular formula is C10H18F3NO. The molecule has 0 saturated carbocycles. The fraction of sp³-hybridized carbons (Fsp3) is 0.900. The average Bonchev–Trinajstić information content (AvgIpc) is 1.98. The second kappa shape index (κ2) is 5.37. The molecule has 0 rings (SSSR count). The third kappa shape index (κ3) is 5.64. The Labute approximate surface area is 88.4 Å². The lowest BCUT2D eigenvalue weighted by Crippen LogP contribution is -2.44. The predicted octanol–water partition coefficient (Wildman–Crippen LogP) is 2.69. The summed E-state index contributed by atoms with van der Waals surface area (Å²) in [5.41, 5.74) is 0. The molecule has 0 bridgehead atoms. The van der Waals surface area contributed by atoms with Crippen molar-refractivity contribution in [3.8, 4) is 0 Å². The van der Waals surface area contributed by atoms with Crippen molar-refractivity contribution >= 4 is 5.91 Å². The van der Waals surface area contributed by atoms with Gasteiger partial charge in [-0.05, 0) is 11.8 Å². The molecule has 0 aromatic heterocycles. The minimum atomic E-state index is -4.76. The highest BCUT2D eigenvalue weighted by atomic mass is 19.4. The molecule has 0 unspecified atom stereocenters. The molecule has 0 aliphatic carbocycles. The molecule has 15 heavy (non-hydrogen) atoms. The van der Waals surface area contributed by atoms with Crippen molar-refractivity contribution in [3.05, 3.63) is 0 Å². The number of amides is 1. The fourth-order valence-corrected chi connectivity index (χ4v) is 1.30. The fourth-order valence-electron chi connectivity index (χ4n) is 1.30. The van der Waals surface area contributed by atoms with Gasteiger partial charge in [-0.2, -0.15) is 13.2 Å². The van der Waals surface area contributed by atoms with Crippen molar-refractivity contribution in [3.63, 3.8) is 0 Å². The van der Waals surface area contributed by atoms with Crippen LogP contribution < -0.4 is 0 Å². The quantitative estimate of drug-likeness (QED) is 0.720. The summed E-state index contributed by atoms with van der Waals surface area (Å²) in [5, 5.41) is 0. The Morgan fingerprint density at radius 3 is 1.60 bits per heavy atom. The predicted molar refractivity (Wildman–Crippen MR) is 52.3 cm³/mol. The van der Waals surface area contributed by atoms with Crippen LogP contribution in [-0.4, -0.2) is 30.1 Å². The molecular weight excluding hydrogens is 207 g/mol. The van der Waals surface area contributed by atoms with Gasteiger partial charge in [0.2, 0.25) is 0 Å². The molecule has 5 heteroatoms. The molecule has 0 N–H and O–H groups in total. The van der Waals surface area contributed by atoms with Gasteiger partial charge in [-0.15, -0.1) is 0 Å². The number of rotatable bonds is 4. The van der Waals surface area contributed by atoms with Crippen LogP contribution in [0.25, 0.3) is 0 Å². The third-order valence-corrected chi connectivity index (χ3v) is 1.70. The van der Waals surface area contributed by atoms with Crippen LogP contribution in [0, 0.1) is 11.8 Å². The van der Waals surface area contributed by atoms with E-state index in [9.17, 15) is 18.0 Å². The molecule has 1 amide bonds. The number of carbonyl (C=O) groups is 1. The Balaban J connectivity index is 4.55. The molecule has 0 spiro atoms. The van der Waals surface area contributed by atoms with Gasteiger partial charge in [0, 0.05) is 13.1 Å². The molecule has 0 aliphatic rings. The maximum absolute atomic E-state index is 12.2. The smallest absolute Gasteiger partial charge is 0.334 e. The van der Waals surface area contributed by atoms with Crippen molar-refractivity contribution in [1.82, 2.24) is 4.90 Å². The second-order valence-electron chi connectivity index (χ2n) is 4.50. The first-order valence-corrected chi connectivity index (χ1v) is 5.00. The van der Waals surface area contributed by atoms with Gasteiger partial charge in [-0.25, -0.2) is 0 Å². The number of nitrogens with zero attached hydrogens (tertiary/aromatic N) is 1. The normalized spacial score (nSPS) is 12.3. The van der Waals surface area contributed by atoms with Gasteiger partial charge in [0.15, 0.2) is 0 Å². The van der Waals surface area contributed by atoms with Crippen molar-refractivity contribution in [2.45, 2.75) is 33.9 Å². The SMILES string of the molecule is CC(C)CN(CC(C)C)C(=O)C(F)(F)F. The van der Waals surface area contributed by atoms with Crippen molar-refractivity contribution < 1.29 is 18.0 Å². The monoisotopic (exact) mass is 225 g/mol. The van der Waals surface area contributed by atoms with E-state index in [4.69, 9.17) is 0 Å². The van der Waals surface area contributed by atoms with Gasteiger partial charge in [0.1, 0.15) is 0 Å². The highest BCUT2D eigenvalue weighted by molar-refractivity contribution is 5.81. The molecule has 0 atom stereocenters. The van der Waals surface area contributed by atoms with E-state index in [2.05, 4.69) is 0 Å². The number of hydrogen-bond donors (Lipinski definition) is 0. The molecule has 0 radical (unpaired) electrons. The zero-order valence-electron chi connectivity index (χ0n) is 9.56. The van der Waals surface area contributed by atoms with Gasteiger partial charge < -0.3 is 4.90 Å². The van der Waals surface area contributed by atoms with Crippen LogP contribution in [0.1, 0.15) is 27.7 Å².